The van der Waals surface area contributed by atoms with E-state index in [2.05, 4.69) is 33.1 Å². The molecule has 0 aliphatic heterocycles. The zero-order valence-corrected chi connectivity index (χ0v) is 18.3. The van der Waals surface area contributed by atoms with Gasteiger partial charge in [-0.3, -0.25) is 9.89 Å². The van der Waals surface area contributed by atoms with Gasteiger partial charge in [-0.05, 0) is 48.9 Å². The highest BCUT2D eigenvalue weighted by Crippen LogP contribution is 2.31. The number of anilines is 1. The second-order valence-corrected chi connectivity index (χ2v) is 7.45. The molecule has 0 saturated carbocycles. The molecule has 0 spiro atoms. The fraction of sp³-hybridized carbons (Fsp3) is 0.217. The maximum absolute atomic E-state index is 12.5. The molecule has 2 aromatic carbocycles. The standard InChI is InChI=1S/C23H23ClN4O3/c1-4-28-20-8-7-16(30-2)9-15(20)10-21(28)19-13-22(27-26-19)25-23(29)11-14-5-6-17(31-3)12-18(14)24/h5-10,12-13H,4,11H2,1-3H3,(H2,25,26,27,29). The lowest BCUT2D eigenvalue weighted by molar-refractivity contribution is -0.115. The predicted octanol–water partition coefficient (Wildman–Crippen LogP) is 4.90. The number of amides is 1. The van der Waals surface area contributed by atoms with E-state index in [4.69, 9.17) is 21.1 Å². The number of fused-ring (bicyclic) bond motifs is 1. The van der Waals surface area contributed by atoms with Crippen LogP contribution in [0.15, 0.2) is 48.5 Å². The van der Waals surface area contributed by atoms with Gasteiger partial charge in [0.05, 0.1) is 32.0 Å². The van der Waals surface area contributed by atoms with Crippen molar-refractivity contribution < 1.29 is 14.3 Å². The quantitative estimate of drug-likeness (QED) is 0.430. The molecule has 7 nitrogen and oxygen atoms in total. The maximum Gasteiger partial charge on any atom is 0.230 e. The highest BCUT2D eigenvalue weighted by molar-refractivity contribution is 6.31. The smallest absolute Gasteiger partial charge is 0.230 e. The molecule has 8 heteroatoms. The van der Waals surface area contributed by atoms with E-state index in [0.717, 1.165) is 40.1 Å². The molecule has 0 bridgehead atoms. The minimum Gasteiger partial charge on any atom is -0.497 e. The Labute approximate surface area is 184 Å². The largest absolute Gasteiger partial charge is 0.497 e. The molecule has 31 heavy (non-hydrogen) atoms. The Morgan fingerprint density at radius 2 is 1.84 bits per heavy atom. The van der Waals surface area contributed by atoms with Crippen LogP contribution in [0.3, 0.4) is 0 Å². The molecule has 2 N–H and O–H groups in total. The summed E-state index contributed by atoms with van der Waals surface area (Å²) in [5, 5.41) is 11.7. The van der Waals surface area contributed by atoms with Crippen LogP contribution >= 0.6 is 11.6 Å². The van der Waals surface area contributed by atoms with Gasteiger partial charge in [-0.25, -0.2) is 0 Å². The number of ether oxygens (including phenoxy) is 2. The van der Waals surface area contributed by atoms with E-state index in [9.17, 15) is 4.79 Å². The summed E-state index contributed by atoms with van der Waals surface area (Å²) < 4.78 is 12.7. The summed E-state index contributed by atoms with van der Waals surface area (Å²) in [6.07, 6.45) is 0.139. The third-order valence-electron chi connectivity index (χ3n) is 5.16. The summed E-state index contributed by atoms with van der Waals surface area (Å²) in [6, 6.07) is 15.1. The van der Waals surface area contributed by atoms with Gasteiger partial charge in [0.25, 0.3) is 0 Å². The number of hydrogen-bond acceptors (Lipinski definition) is 4. The Balaban J connectivity index is 1.54. The van der Waals surface area contributed by atoms with Crippen molar-refractivity contribution in [2.75, 3.05) is 19.5 Å². The van der Waals surface area contributed by atoms with E-state index >= 15 is 0 Å². The number of aryl methyl sites for hydroxylation is 1. The van der Waals surface area contributed by atoms with Crippen molar-refractivity contribution in [2.45, 2.75) is 19.9 Å². The maximum atomic E-state index is 12.5. The van der Waals surface area contributed by atoms with Gasteiger partial charge in [-0.1, -0.05) is 17.7 Å². The number of carbonyl (C=O) groups excluding carboxylic acids is 1. The molecule has 0 aliphatic carbocycles. The number of H-pyrrole nitrogens is 1. The normalized spacial score (nSPS) is 11.0. The van der Waals surface area contributed by atoms with Crippen LogP contribution in [0.2, 0.25) is 5.02 Å². The lowest BCUT2D eigenvalue weighted by Crippen LogP contribution is -2.14. The molecule has 2 heterocycles. The summed E-state index contributed by atoms with van der Waals surface area (Å²) in [5.41, 5.74) is 3.62. The van der Waals surface area contributed by atoms with Crippen LogP contribution in [0.5, 0.6) is 11.5 Å². The SMILES string of the molecule is CCn1c(-c2cc(NC(=O)Cc3ccc(OC)cc3Cl)n[nH]2)cc2cc(OC)ccc21. The van der Waals surface area contributed by atoms with Crippen molar-refractivity contribution in [3.05, 3.63) is 59.1 Å². The molecule has 4 rings (SSSR count). The molecule has 4 aromatic rings. The molecule has 1 amide bonds. The van der Waals surface area contributed by atoms with Gasteiger partial charge in [-0.15, -0.1) is 0 Å². The first-order valence-corrected chi connectivity index (χ1v) is 10.3. The van der Waals surface area contributed by atoms with Crippen molar-refractivity contribution in [1.29, 1.82) is 0 Å². The summed E-state index contributed by atoms with van der Waals surface area (Å²) in [4.78, 5) is 12.5. The van der Waals surface area contributed by atoms with Crippen LogP contribution in [0, 0.1) is 0 Å². The lowest BCUT2D eigenvalue weighted by atomic mass is 10.1. The molecule has 0 aliphatic rings. The first-order valence-electron chi connectivity index (χ1n) is 9.87. The van der Waals surface area contributed by atoms with E-state index in [1.54, 1.807) is 32.4 Å². The summed E-state index contributed by atoms with van der Waals surface area (Å²) in [7, 11) is 3.23. The number of halogens is 1. The van der Waals surface area contributed by atoms with E-state index < -0.39 is 0 Å². The van der Waals surface area contributed by atoms with Crippen molar-refractivity contribution in [1.82, 2.24) is 14.8 Å². The monoisotopic (exact) mass is 438 g/mol. The zero-order valence-electron chi connectivity index (χ0n) is 17.5. The van der Waals surface area contributed by atoms with Gasteiger partial charge in [-0.2, -0.15) is 5.10 Å². The highest BCUT2D eigenvalue weighted by Gasteiger charge is 2.15. The Morgan fingerprint density at radius 1 is 1.10 bits per heavy atom. The minimum atomic E-state index is -0.203. The molecular weight excluding hydrogens is 416 g/mol. The molecule has 0 saturated heterocycles. The van der Waals surface area contributed by atoms with Gasteiger partial charge in [0.1, 0.15) is 11.5 Å². The second kappa shape index (κ2) is 8.73. The molecule has 0 unspecified atom stereocenters. The van der Waals surface area contributed by atoms with Crippen LogP contribution in [0.25, 0.3) is 22.3 Å². The molecule has 0 atom stereocenters. The van der Waals surface area contributed by atoms with Gasteiger partial charge in [0.15, 0.2) is 5.82 Å². The average Bonchev–Trinajstić information content (AvgIpc) is 3.38. The van der Waals surface area contributed by atoms with Crippen molar-refractivity contribution in [3.63, 3.8) is 0 Å². The minimum absolute atomic E-state index is 0.139. The third-order valence-corrected chi connectivity index (χ3v) is 5.51. The Kier molecular flexibility index (Phi) is 5.86. The van der Waals surface area contributed by atoms with Crippen molar-refractivity contribution in [3.8, 4) is 22.9 Å². The van der Waals surface area contributed by atoms with E-state index in [0.29, 0.717) is 16.6 Å². The van der Waals surface area contributed by atoms with Crippen LogP contribution in [-0.4, -0.2) is 34.9 Å². The van der Waals surface area contributed by atoms with Crippen LogP contribution < -0.4 is 14.8 Å². The van der Waals surface area contributed by atoms with Crippen molar-refractivity contribution in [2.24, 2.45) is 0 Å². The topological polar surface area (TPSA) is 81.2 Å². The average molecular weight is 439 g/mol. The number of hydrogen-bond donors (Lipinski definition) is 2. The summed E-state index contributed by atoms with van der Waals surface area (Å²) >= 11 is 6.24. The first kappa shape index (κ1) is 20.8. The van der Waals surface area contributed by atoms with E-state index in [-0.39, 0.29) is 12.3 Å². The fourth-order valence-corrected chi connectivity index (χ4v) is 3.85. The Morgan fingerprint density at radius 3 is 2.55 bits per heavy atom. The molecule has 0 radical (unpaired) electrons. The second-order valence-electron chi connectivity index (χ2n) is 7.05. The number of aromatic amines is 1. The number of benzene rings is 2. The molecular formula is C23H23ClN4O3. The number of nitrogens with one attached hydrogen (secondary N) is 2. The molecule has 2 aromatic heterocycles. The highest BCUT2D eigenvalue weighted by atomic mass is 35.5. The first-order chi connectivity index (χ1) is 15.0. The number of carbonyl (C=O) groups is 1. The van der Waals surface area contributed by atoms with Crippen LogP contribution in [0.1, 0.15) is 12.5 Å². The lowest BCUT2D eigenvalue weighted by Gasteiger charge is -2.07. The van der Waals surface area contributed by atoms with E-state index in [1.165, 1.54) is 0 Å². The fourth-order valence-electron chi connectivity index (χ4n) is 3.62. The van der Waals surface area contributed by atoms with E-state index in [1.807, 2.05) is 24.3 Å². The number of aromatic nitrogens is 3. The molecule has 0 fully saturated rings. The van der Waals surface area contributed by atoms with Crippen molar-refractivity contribution >= 4 is 34.2 Å². The number of rotatable bonds is 7. The zero-order chi connectivity index (χ0) is 22.0. The van der Waals surface area contributed by atoms with Crippen LogP contribution in [0.4, 0.5) is 5.82 Å². The summed E-state index contributed by atoms with van der Waals surface area (Å²) in [5.74, 6) is 1.71. The number of nitrogens with zero attached hydrogens (tertiary/aromatic N) is 2. The van der Waals surface area contributed by atoms with Crippen LogP contribution in [-0.2, 0) is 17.8 Å². The van der Waals surface area contributed by atoms with Gasteiger partial charge < -0.3 is 19.4 Å². The predicted molar refractivity (Wildman–Crippen MR) is 122 cm³/mol. The molecule has 160 valence electrons. The third kappa shape index (κ3) is 4.22. The Hall–Kier alpha value is -3.45. The Bertz CT molecular complexity index is 1250. The summed E-state index contributed by atoms with van der Waals surface area (Å²) in [6.45, 7) is 2.88. The number of methoxy groups -OCH3 is 2. The van der Waals surface area contributed by atoms with Gasteiger partial charge in [0, 0.05) is 28.5 Å². The van der Waals surface area contributed by atoms with Gasteiger partial charge >= 0.3 is 0 Å². The van der Waals surface area contributed by atoms with Gasteiger partial charge in [0.2, 0.25) is 5.91 Å².